The molecule has 0 aliphatic heterocycles. The first kappa shape index (κ1) is 17.7. The molecule has 2 amide bonds. The van der Waals surface area contributed by atoms with Gasteiger partial charge in [-0.15, -0.1) is 10.2 Å². The summed E-state index contributed by atoms with van der Waals surface area (Å²) in [5, 5.41) is 15.2. The molecular formula is C16H19N5O2S. The number of nitrogens with zero attached hydrogens (tertiary/aromatic N) is 3. The van der Waals surface area contributed by atoms with Crippen LogP contribution in [0.1, 0.15) is 31.3 Å². The van der Waals surface area contributed by atoms with E-state index in [1.54, 1.807) is 6.21 Å². The fraction of sp³-hybridized carbons (Fsp3) is 0.312. The standard InChI is InChI=1S/C16H19N5O2S/c1-16(2,3)14(23)18-15-21-20-13(24-15)9-12(22)19-17-10-11-7-5-4-6-8-11/h4-8,10H,9H2,1-3H3,(H,19,22)(H,18,21,23)/b17-10-. The molecule has 2 N–H and O–H groups in total. The van der Waals surface area contributed by atoms with E-state index in [4.69, 9.17) is 0 Å². The van der Waals surface area contributed by atoms with Crippen molar-refractivity contribution in [3.8, 4) is 0 Å². The average molecular weight is 345 g/mol. The van der Waals surface area contributed by atoms with Crippen molar-refractivity contribution < 1.29 is 9.59 Å². The second kappa shape index (κ2) is 7.78. The number of carbonyl (C=O) groups excluding carboxylic acids is 2. The van der Waals surface area contributed by atoms with Crippen LogP contribution in [0.2, 0.25) is 0 Å². The molecule has 24 heavy (non-hydrogen) atoms. The van der Waals surface area contributed by atoms with Gasteiger partial charge in [0, 0.05) is 5.41 Å². The third-order valence-electron chi connectivity index (χ3n) is 2.88. The second-order valence-electron chi connectivity index (χ2n) is 6.09. The fourth-order valence-corrected chi connectivity index (χ4v) is 2.29. The highest BCUT2D eigenvalue weighted by Crippen LogP contribution is 2.20. The van der Waals surface area contributed by atoms with Crippen LogP contribution in [0, 0.1) is 5.41 Å². The van der Waals surface area contributed by atoms with Crippen molar-refractivity contribution in [1.82, 2.24) is 15.6 Å². The molecule has 8 heteroatoms. The molecule has 0 saturated carbocycles. The summed E-state index contributed by atoms with van der Waals surface area (Å²) in [5.41, 5.74) is 2.81. The Morgan fingerprint density at radius 3 is 2.58 bits per heavy atom. The van der Waals surface area contributed by atoms with Crippen molar-refractivity contribution >= 4 is 34.5 Å². The van der Waals surface area contributed by atoms with Gasteiger partial charge in [-0.3, -0.25) is 9.59 Å². The molecule has 0 spiro atoms. The van der Waals surface area contributed by atoms with E-state index < -0.39 is 5.41 Å². The summed E-state index contributed by atoms with van der Waals surface area (Å²) in [4.78, 5) is 23.7. The van der Waals surface area contributed by atoms with Crippen LogP contribution < -0.4 is 10.7 Å². The van der Waals surface area contributed by atoms with Gasteiger partial charge in [0.2, 0.25) is 16.9 Å². The van der Waals surface area contributed by atoms with Gasteiger partial charge in [0.15, 0.2) is 0 Å². The molecule has 0 fully saturated rings. The van der Waals surface area contributed by atoms with Gasteiger partial charge in [-0.25, -0.2) is 5.43 Å². The lowest BCUT2D eigenvalue weighted by Gasteiger charge is -2.15. The quantitative estimate of drug-likeness (QED) is 0.641. The molecule has 1 heterocycles. The van der Waals surface area contributed by atoms with E-state index in [1.165, 1.54) is 11.3 Å². The van der Waals surface area contributed by atoms with E-state index >= 15 is 0 Å². The highest BCUT2D eigenvalue weighted by molar-refractivity contribution is 7.15. The van der Waals surface area contributed by atoms with Crippen LogP contribution in [-0.4, -0.2) is 28.2 Å². The molecule has 2 aromatic rings. The van der Waals surface area contributed by atoms with Gasteiger partial charge in [-0.2, -0.15) is 5.10 Å². The first-order chi connectivity index (χ1) is 11.3. The zero-order chi connectivity index (χ0) is 17.6. The number of hydrazone groups is 1. The molecule has 2 rings (SSSR count). The van der Waals surface area contributed by atoms with Gasteiger partial charge in [0.05, 0.1) is 12.6 Å². The maximum Gasteiger partial charge on any atom is 0.247 e. The van der Waals surface area contributed by atoms with Gasteiger partial charge in [0.25, 0.3) is 0 Å². The first-order valence-electron chi connectivity index (χ1n) is 7.35. The van der Waals surface area contributed by atoms with Crippen molar-refractivity contribution in [3.63, 3.8) is 0 Å². The minimum Gasteiger partial charge on any atom is -0.300 e. The van der Waals surface area contributed by atoms with Gasteiger partial charge < -0.3 is 5.32 Å². The topological polar surface area (TPSA) is 96.3 Å². The van der Waals surface area contributed by atoms with Gasteiger partial charge in [-0.05, 0) is 5.56 Å². The molecular weight excluding hydrogens is 326 g/mol. The Kier molecular flexibility index (Phi) is 5.75. The summed E-state index contributed by atoms with van der Waals surface area (Å²) >= 11 is 1.17. The number of hydrogen-bond donors (Lipinski definition) is 2. The average Bonchev–Trinajstić information content (AvgIpc) is 2.94. The number of aromatic nitrogens is 2. The van der Waals surface area contributed by atoms with E-state index in [1.807, 2.05) is 51.1 Å². The van der Waals surface area contributed by atoms with Crippen LogP contribution in [0.3, 0.4) is 0 Å². The van der Waals surface area contributed by atoms with Crippen molar-refractivity contribution in [3.05, 3.63) is 40.9 Å². The molecule has 126 valence electrons. The number of amides is 2. The highest BCUT2D eigenvalue weighted by atomic mass is 32.1. The van der Waals surface area contributed by atoms with Gasteiger partial charge in [0.1, 0.15) is 5.01 Å². The first-order valence-corrected chi connectivity index (χ1v) is 8.17. The summed E-state index contributed by atoms with van der Waals surface area (Å²) in [6, 6.07) is 9.44. The predicted octanol–water partition coefficient (Wildman–Crippen LogP) is 2.22. The van der Waals surface area contributed by atoms with Crippen LogP contribution in [0.25, 0.3) is 0 Å². The van der Waals surface area contributed by atoms with E-state index in [2.05, 4.69) is 26.0 Å². The Morgan fingerprint density at radius 2 is 1.92 bits per heavy atom. The van der Waals surface area contributed by atoms with Gasteiger partial charge in [-0.1, -0.05) is 62.4 Å². The zero-order valence-electron chi connectivity index (χ0n) is 13.7. The van der Waals surface area contributed by atoms with E-state index in [9.17, 15) is 9.59 Å². The monoisotopic (exact) mass is 345 g/mol. The summed E-state index contributed by atoms with van der Waals surface area (Å²) in [7, 11) is 0. The number of rotatable bonds is 5. The van der Waals surface area contributed by atoms with Crippen molar-refractivity contribution in [2.45, 2.75) is 27.2 Å². The molecule has 0 aliphatic rings. The molecule has 1 aromatic carbocycles. The molecule has 0 aliphatic carbocycles. The third-order valence-corrected chi connectivity index (χ3v) is 3.72. The SMILES string of the molecule is CC(C)(C)C(=O)Nc1nnc(CC(=O)N/N=C\c2ccccc2)s1. The van der Waals surface area contributed by atoms with Crippen molar-refractivity contribution in [1.29, 1.82) is 0 Å². The number of carbonyl (C=O) groups is 2. The number of nitrogens with one attached hydrogen (secondary N) is 2. The Hall–Kier alpha value is -2.61. The van der Waals surface area contributed by atoms with E-state index in [0.29, 0.717) is 10.1 Å². The minimum atomic E-state index is -0.518. The molecule has 0 bridgehead atoms. The highest BCUT2D eigenvalue weighted by Gasteiger charge is 2.22. The van der Waals surface area contributed by atoms with Crippen LogP contribution in [-0.2, 0) is 16.0 Å². The van der Waals surface area contributed by atoms with Crippen LogP contribution in [0.4, 0.5) is 5.13 Å². The molecule has 0 unspecified atom stereocenters. The van der Waals surface area contributed by atoms with Gasteiger partial charge >= 0.3 is 0 Å². The van der Waals surface area contributed by atoms with E-state index in [0.717, 1.165) is 5.56 Å². The lowest BCUT2D eigenvalue weighted by Crippen LogP contribution is -2.27. The Balaban J connectivity index is 1.84. The summed E-state index contributed by atoms with van der Waals surface area (Å²) in [5.74, 6) is -0.450. The molecule has 0 saturated heterocycles. The van der Waals surface area contributed by atoms with Crippen LogP contribution in [0.5, 0.6) is 0 Å². The molecule has 0 atom stereocenters. The Bertz CT molecular complexity index is 734. The lowest BCUT2D eigenvalue weighted by molar-refractivity contribution is -0.123. The zero-order valence-corrected chi connectivity index (χ0v) is 14.6. The number of hydrogen-bond acceptors (Lipinski definition) is 6. The molecule has 1 aromatic heterocycles. The fourth-order valence-electron chi connectivity index (χ4n) is 1.55. The molecule has 0 radical (unpaired) electrons. The summed E-state index contributed by atoms with van der Waals surface area (Å²) in [6.45, 7) is 5.42. The smallest absolute Gasteiger partial charge is 0.247 e. The maximum atomic E-state index is 11.9. The summed E-state index contributed by atoms with van der Waals surface area (Å²) < 4.78 is 0. The summed E-state index contributed by atoms with van der Waals surface area (Å²) in [6.07, 6.45) is 1.61. The third kappa shape index (κ3) is 5.54. The number of benzene rings is 1. The maximum absolute atomic E-state index is 11.9. The van der Waals surface area contributed by atoms with Crippen molar-refractivity contribution in [2.75, 3.05) is 5.32 Å². The Morgan fingerprint density at radius 1 is 1.21 bits per heavy atom. The van der Waals surface area contributed by atoms with Crippen molar-refractivity contribution in [2.24, 2.45) is 10.5 Å². The predicted molar refractivity (Wildman–Crippen MR) is 93.9 cm³/mol. The largest absolute Gasteiger partial charge is 0.300 e. The second-order valence-corrected chi connectivity index (χ2v) is 7.15. The normalized spacial score (nSPS) is 11.5. The Labute approximate surface area is 144 Å². The van der Waals surface area contributed by atoms with Crippen LogP contribution in [0.15, 0.2) is 35.4 Å². The number of anilines is 1. The molecule has 7 nitrogen and oxygen atoms in total. The minimum absolute atomic E-state index is 0.0508. The van der Waals surface area contributed by atoms with Crippen LogP contribution >= 0.6 is 11.3 Å². The lowest BCUT2D eigenvalue weighted by atomic mass is 9.96. The van der Waals surface area contributed by atoms with E-state index in [-0.39, 0.29) is 18.2 Å².